The van der Waals surface area contributed by atoms with Crippen LogP contribution in [-0.4, -0.2) is 30.6 Å². The monoisotopic (exact) mass is 428 g/mol. The molecule has 2 amide bonds. The van der Waals surface area contributed by atoms with Gasteiger partial charge in [0.1, 0.15) is 17.6 Å². The Morgan fingerprint density at radius 2 is 1.70 bits per heavy atom. The van der Waals surface area contributed by atoms with Crippen molar-refractivity contribution in [3.63, 3.8) is 0 Å². The number of furan rings is 1. The molecule has 1 aliphatic heterocycles. The molecule has 1 fully saturated rings. The molecule has 0 spiro atoms. The van der Waals surface area contributed by atoms with Gasteiger partial charge in [0, 0.05) is 0 Å². The first-order valence-corrected chi connectivity index (χ1v) is 10.5. The molecule has 0 radical (unpaired) electrons. The van der Waals surface area contributed by atoms with E-state index in [1.54, 1.807) is 30.3 Å². The van der Waals surface area contributed by atoms with Gasteiger partial charge in [0.15, 0.2) is 0 Å². The lowest BCUT2D eigenvalue weighted by atomic mass is 10.2. The van der Waals surface area contributed by atoms with Crippen LogP contribution in [0.2, 0.25) is 0 Å². The molecule has 1 saturated heterocycles. The lowest BCUT2D eigenvalue weighted by molar-refractivity contribution is -0.122. The number of imide groups is 1. The summed E-state index contributed by atoms with van der Waals surface area (Å²) in [6, 6.07) is 14.5. The number of carbonyl (C=O) groups is 2. The number of sulfonamides is 1. The van der Waals surface area contributed by atoms with Gasteiger partial charge in [0.2, 0.25) is 15.9 Å². The van der Waals surface area contributed by atoms with Gasteiger partial charge in [-0.05, 0) is 48.5 Å². The molecule has 2 heterocycles. The van der Waals surface area contributed by atoms with Gasteiger partial charge in [0.25, 0.3) is 5.91 Å². The lowest BCUT2D eigenvalue weighted by Crippen LogP contribution is -2.45. The fraction of sp³-hybridized carbons (Fsp3) is 0.143. The average molecular weight is 428 g/mol. The predicted octanol–water partition coefficient (Wildman–Crippen LogP) is 2.94. The van der Waals surface area contributed by atoms with Gasteiger partial charge in [-0.2, -0.15) is 4.31 Å². The van der Waals surface area contributed by atoms with Crippen LogP contribution in [0, 0.1) is 5.82 Å². The van der Waals surface area contributed by atoms with Crippen LogP contribution in [0.25, 0.3) is 0 Å². The van der Waals surface area contributed by atoms with E-state index in [1.165, 1.54) is 30.5 Å². The maximum absolute atomic E-state index is 13.3. The fourth-order valence-corrected chi connectivity index (χ4v) is 4.92. The first-order chi connectivity index (χ1) is 14.4. The minimum absolute atomic E-state index is 0.00274. The van der Waals surface area contributed by atoms with Gasteiger partial charge in [-0.15, -0.1) is 0 Å². The quantitative estimate of drug-likeness (QED) is 0.564. The van der Waals surface area contributed by atoms with Crippen molar-refractivity contribution in [1.29, 1.82) is 0 Å². The van der Waals surface area contributed by atoms with E-state index in [4.69, 9.17) is 4.42 Å². The summed E-state index contributed by atoms with van der Waals surface area (Å²) in [5, 5.41) is 0. The van der Waals surface area contributed by atoms with Crippen molar-refractivity contribution in [1.82, 2.24) is 4.31 Å². The highest BCUT2D eigenvalue weighted by Crippen LogP contribution is 2.30. The molecule has 1 aromatic heterocycles. The Labute approximate surface area is 172 Å². The molecule has 3 aromatic rings. The minimum Gasteiger partial charge on any atom is -0.468 e. The summed E-state index contributed by atoms with van der Waals surface area (Å²) in [6.45, 7) is -0.217. The topological polar surface area (TPSA) is 87.9 Å². The second kappa shape index (κ2) is 7.85. The summed E-state index contributed by atoms with van der Waals surface area (Å²) in [6.07, 6.45) is 1.07. The highest BCUT2D eigenvalue weighted by molar-refractivity contribution is 7.89. The van der Waals surface area contributed by atoms with E-state index >= 15 is 0 Å². The summed E-state index contributed by atoms with van der Waals surface area (Å²) in [7, 11) is -4.12. The van der Waals surface area contributed by atoms with Gasteiger partial charge >= 0.3 is 0 Å². The highest BCUT2D eigenvalue weighted by Gasteiger charge is 2.47. The Balaban J connectivity index is 1.73. The van der Waals surface area contributed by atoms with Crippen molar-refractivity contribution in [2.45, 2.75) is 23.9 Å². The van der Waals surface area contributed by atoms with Crippen molar-refractivity contribution >= 4 is 27.5 Å². The molecule has 30 heavy (non-hydrogen) atoms. The fourth-order valence-electron chi connectivity index (χ4n) is 3.35. The van der Waals surface area contributed by atoms with Crippen LogP contribution in [0.1, 0.15) is 12.2 Å². The Hall–Kier alpha value is -3.30. The smallest absolute Gasteiger partial charge is 0.252 e. The van der Waals surface area contributed by atoms with Gasteiger partial charge in [-0.3, -0.25) is 9.59 Å². The zero-order valence-electron chi connectivity index (χ0n) is 15.6. The number of halogens is 1. The second-order valence-electron chi connectivity index (χ2n) is 6.71. The molecule has 0 N–H and O–H groups in total. The molecule has 1 aliphatic rings. The molecule has 2 aromatic carbocycles. The van der Waals surface area contributed by atoms with Crippen molar-refractivity contribution in [3.05, 3.63) is 84.6 Å². The van der Waals surface area contributed by atoms with E-state index in [0.717, 1.165) is 21.3 Å². The Morgan fingerprint density at radius 1 is 1.00 bits per heavy atom. The molecular formula is C21H17FN2O5S. The van der Waals surface area contributed by atoms with Gasteiger partial charge in [0.05, 0.1) is 29.8 Å². The van der Waals surface area contributed by atoms with Crippen molar-refractivity contribution in [3.8, 4) is 0 Å². The zero-order chi connectivity index (χ0) is 21.3. The van der Waals surface area contributed by atoms with Crippen LogP contribution in [0.3, 0.4) is 0 Å². The molecule has 4 rings (SSSR count). The third-order valence-corrected chi connectivity index (χ3v) is 6.67. The van der Waals surface area contributed by atoms with Gasteiger partial charge in [-0.25, -0.2) is 17.7 Å². The number of amides is 2. The Morgan fingerprint density at radius 3 is 2.33 bits per heavy atom. The van der Waals surface area contributed by atoms with E-state index < -0.39 is 33.7 Å². The predicted molar refractivity (Wildman–Crippen MR) is 105 cm³/mol. The van der Waals surface area contributed by atoms with E-state index in [9.17, 15) is 22.4 Å². The number of rotatable bonds is 6. The maximum Gasteiger partial charge on any atom is 0.252 e. The third kappa shape index (κ3) is 3.64. The Kier molecular flexibility index (Phi) is 5.23. The molecular weight excluding hydrogens is 411 g/mol. The highest BCUT2D eigenvalue weighted by atomic mass is 32.2. The first kappa shape index (κ1) is 20.0. The summed E-state index contributed by atoms with van der Waals surface area (Å²) in [4.78, 5) is 26.6. The molecule has 9 heteroatoms. The van der Waals surface area contributed by atoms with Crippen LogP contribution >= 0.6 is 0 Å². The van der Waals surface area contributed by atoms with Crippen LogP contribution in [0.5, 0.6) is 0 Å². The molecule has 7 nitrogen and oxygen atoms in total. The maximum atomic E-state index is 13.3. The summed E-state index contributed by atoms with van der Waals surface area (Å²) >= 11 is 0. The average Bonchev–Trinajstić information content (AvgIpc) is 3.35. The molecule has 0 bridgehead atoms. The van der Waals surface area contributed by atoms with Crippen molar-refractivity contribution in [2.75, 3.05) is 4.90 Å². The third-order valence-electron chi connectivity index (χ3n) is 4.80. The SMILES string of the molecule is O=C1CC(N(Cc2ccco2)S(=O)(=O)c2ccccc2)C(=O)N1c1ccc(F)cc1. The molecule has 154 valence electrons. The van der Waals surface area contributed by atoms with E-state index in [0.29, 0.717) is 5.76 Å². The summed E-state index contributed by atoms with van der Waals surface area (Å²) in [5.41, 5.74) is 0.184. The number of hydrogen-bond donors (Lipinski definition) is 0. The number of benzene rings is 2. The molecule has 1 unspecified atom stereocenters. The number of nitrogens with zero attached hydrogens (tertiary/aromatic N) is 2. The van der Waals surface area contributed by atoms with Crippen LogP contribution in [-0.2, 0) is 26.2 Å². The molecule has 0 saturated carbocycles. The van der Waals surface area contributed by atoms with Crippen molar-refractivity contribution < 1.29 is 26.8 Å². The normalized spacial score (nSPS) is 17.1. The first-order valence-electron chi connectivity index (χ1n) is 9.09. The largest absolute Gasteiger partial charge is 0.468 e. The number of hydrogen-bond acceptors (Lipinski definition) is 5. The van der Waals surface area contributed by atoms with Crippen LogP contribution in [0.15, 0.2) is 82.3 Å². The van der Waals surface area contributed by atoms with Crippen LogP contribution < -0.4 is 4.90 Å². The summed E-state index contributed by atoms with van der Waals surface area (Å²) < 4.78 is 46.2. The van der Waals surface area contributed by atoms with E-state index in [2.05, 4.69) is 0 Å². The van der Waals surface area contributed by atoms with E-state index in [-0.39, 0.29) is 23.5 Å². The standard InChI is InChI=1S/C21H17FN2O5S/c22-15-8-10-16(11-9-15)24-20(25)13-19(21(24)26)23(14-17-5-4-12-29-17)30(27,28)18-6-2-1-3-7-18/h1-12,19H,13-14H2. The Bertz CT molecular complexity index is 1160. The van der Waals surface area contributed by atoms with Gasteiger partial charge < -0.3 is 4.42 Å². The minimum atomic E-state index is -4.12. The van der Waals surface area contributed by atoms with Gasteiger partial charge in [-0.1, -0.05) is 18.2 Å². The zero-order valence-corrected chi connectivity index (χ0v) is 16.5. The van der Waals surface area contributed by atoms with Crippen molar-refractivity contribution in [2.24, 2.45) is 0 Å². The summed E-state index contributed by atoms with van der Waals surface area (Å²) in [5.74, 6) is -1.45. The molecule has 0 aliphatic carbocycles. The van der Waals surface area contributed by atoms with E-state index in [1.807, 2.05) is 0 Å². The lowest BCUT2D eigenvalue weighted by Gasteiger charge is -2.26. The van der Waals surface area contributed by atoms with Crippen LogP contribution in [0.4, 0.5) is 10.1 Å². The second-order valence-corrected chi connectivity index (χ2v) is 8.60. The number of anilines is 1. The number of carbonyl (C=O) groups excluding carboxylic acids is 2. The molecule has 1 atom stereocenters.